The molecule has 1 aromatic heterocycles. The van der Waals surface area contributed by atoms with Gasteiger partial charge in [-0.2, -0.15) is 0 Å². The van der Waals surface area contributed by atoms with Gasteiger partial charge in [-0.05, 0) is 43.7 Å². The van der Waals surface area contributed by atoms with Crippen molar-refractivity contribution in [2.45, 2.75) is 38.0 Å². The maximum absolute atomic E-state index is 13.0. The molecule has 0 unspecified atom stereocenters. The number of fused-ring (bicyclic) bond motifs is 1. The van der Waals surface area contributed by atoms with E-state index < -0.39 is 0 Å². The highest BCUT2D eigenvalue weighted by molar-refractivity contribution is 5.97. The quantitative estimate of drug-likeness (QED) is 0.855. The van der Waals surface area contributed by atoms with Crippen LogP contribution in [0.2, 0.25) is 0 Å². The summed E-state index contributed by atoms with van der Waals surface area (Å²) >= 11 is 0. The SMILES string of the molecule is O=C(C1CCN(c2cc(C3CC3)ncn2)CC1)N1CCc2ccccc21. The van der Waals surface area contributed by atoms with Gasteiger partial charge >= 0.3 is 0 Å². The molecule has 26 heavy (non-hydrogen) atoms. The minimum absolute atomic E-state index is 0.127. The number of aromatic nitrogens is 2. The number of benzene rings is 1. The lowest BCUT2D eigenvalue weighted by Crippen LogP contribution is -2.42. The molecule has 3 aliphatic rings. The normalized spacial score (nSPS) is 20.3. The third-order valence-corrected chi connectivity index (χ3v) is 5.99. The van der Waals surface area contributed by atoms with E-state index >= 15 is 0 Å². The predicted molar refractivity (Wildman–Crippen MR) is 101 cm³/mol. The molecule has 1 amide bonds. The third kappa shape index (κ3) is 2.85. The van der Waals surface area contributed by atoms with Gasteiger partial charge in [-0.15, -0.1) is 0 Å². The maximum atomic E-state index is 13.0. The summed E-state index contributed by atoms with van der Waals surface area (Å²) in [5, 5.41) is 0. The second-order valence-corrected chi connectivity index (χ2v) is 7.71. The Labute approximate surface area is 154 Å². The molecule has 1 aliphatic carbocycles. The molecule has 134 valence electrons. The van der Waals surface area contributed by atoms with Gasteiger partial charge < -0.3 is 9.80 Å². The summed E-state index contributed by atoms with van der Waals surface area (Å²) < 4.78 is 0. The molecule has 1 aromatic carbocycles. The van der Waals surface area contributed by atoms with E-state index in [0.717, 1.165) is 50.4 Å². The van der Waals surface area contributed by atoms with E-state index in [0.29, 0.717) is 11.8 Å². The zero-order valence-corrected chi connectivity index (χ0v) is 15.0. The van der Waals surface area contributed by atoms with Gasteiger partial charge in [0.1, 0.15) is 12.1 Å². The average Bonchev–Trinajstić information content (AvgIpc) is 3.47. The topological polar surface area (TPSA) is 49.3 Å². The molecule has 0 bridgehead atoms. The van der Waals surface area contributed by atoms with Crippen LogP contribution in [-0.2, 0) is 11.2 Å². The molecule has 5 nitrogen and oxygen atoms in total. The minimum Gasteiger partial charge on any atom is -0.356 e. The molecular weight excluding hydrogens is 324 g/mol. The molecule has 2 fully saturated rings. The van der Waals surface area contributed by atoms with Crippen LogP contribution in [0.1, 0.15) is 42.9 Å². The summed E-state index contributed by atoms with van der Waals surface area (Å²) in [5.74, 6) is 2.10. The molecule has 1 saturated carbocycles. The minimum atomic E-state index is 0.127. The fourth-order valence-corrected chi connectivity index (χ4v) is 4.28. The van der Waals surface area contributed by atoms with E-state index in [1.807, 2.05) is 11.0 Å². The summed E-state index contributed by atoms with van der Waals surface area (Å²) in [6.45, 7) is 2.62. The van der Waals surface area contributed by atoms with Crippen LogP contribution < -0.4 is 9.80 Å². The van der Waals surface area contributed by atoms with Crippen LogP contribution in [0.25, 0.3) is 0 Å². The van der Waals surface area contributed by atoms with Crippen LogP contribution in [0, 0.1) is 5.92 Å². The van der Waals surface area contributed by atoms with E-state index in [4.69, 9.17) is 0 Å². The fourth-order valence-electron chi connectivity index (χ4n) is 4.28. The van der Waals surface area contributed by atoms with Crippen LogP contribution in [0.5, 0.6) is 0 Å². The Hall–Kier alpha value is -2.43. The van der Waals surface area contributed by atoms with Gasteiger partial charge in [0.25, 0.3) is 0 Å². The molecule has 5 rings (SSSR count). The molecule has 5 heteroatoms. The molecule has 2 aliphatic heterocycles. The highest BCUT2D eigenvalue weighted by Gasteiger charge is 2.33. The van der Waals surface area contributed by atoms with E-state index in [-0.39, 0.29) is 5.92 Å². The van der Waals surface area contributed by atoms with Gasteiger partial charge in [0, 0.05) is 48.9 Å². The number of para-hydroxylation sites is 1. The summed E-state index contributed by atoms with van der Waals surface area (Å²) in [6, 6.07) is 10.5. The molecule has 0 radical (unpaired) electrons. The Bertz CT molecular complexity index is 824. The first-order valence-corrected chi connectivity index (χ1v) is 9.76. The van der Waals surface area contributed by atoms with Crippen molar-refractivity contribution in [3.63, 3.8) is 0 Å². The van der Waals surface area contributed by atoms with Crippen LogP contribution in [-0.4, -0.2) is 35.5 Å². The number of anilines is 2. The van der Waals surface area contributed by atoms with Crippen LogP contribution in [0.3, 0.4) is 0 Å². The van der Waals surface area contributed by atoms with E-state index in [9.17, 15) is 4.79 Å². The van der Waals surface area contributed by atoms with E-state index in [2.05, 4.69) is 39.1 Å². The number of rotatable bonds is 3. The number of hydrogen-bond donors (Lipinski definition) is 0. The van der Waals surface area contributed by atoms with Crippen LogP contribution >= 0.6 is 0 Å². The van der Waals surface area contributed by atoms with E-state index in [1.54, 1.807) is 6.33 Å². The molecule has 3 heterocycles. The second kappa shape index (κ2) is 6.38. The van der Waals surface area contributed by atoms with Crippen LogP contribution in [0.4, 0.5) is 11.5 Å². The van der Waals surface area contributed by atoms with Crippen molar-refractivity contribution >= 4 is 17.4 Å². The monoisotopic (exact) mass is 348 g/mol. The third-order valence-electron chi connectivity index (χ3n) is 5.99. The smallest absolute Gasteiger partial charge is 0.230 e. The van der Waals surface area contributed by atoms with Crippen molar-refractivity contribution in [2.75, 3.05) is 29.4 Å². The van der Waals surface area contributed by atoms with Gasteiger partial charge in [-0.25, -0.2) is 9.97 Å². The molecule has 2 aromatic rings. The number of carbonyl (C=O) groups is 1. The average molecular weight is 348 g/mol. The Morgan fingerprint density at radius 1 is 1.00 bits per heavy atom. The number of amides is 1. The first-order valence-electron chi connectivity index (χ1n) is 9.76. The summed E-state index contributed by atoms with van der Waals surface area (Å²) in [5.41, 5.74) is 3.60. The van der Waals surface area contributed by atoms with Crippen molar-refractivity contribution < 1.29 is 4.79 Å². The highest BCUT2D eigenvalue weighted by atomic mass is 16.2. The Morgan fingerprint density at radius 3 is 2.62 bits per heavy atom. The molecule has 0 spiro atoms. The Balaban J connectivity index is 1.25. The van der Waals surface area contributed by atoms with Crippen molar-refractivity contribution in [3.05, 3.63) is 47.9 Å². The highest BCUT2D eigenvalue weighted by Crippen LogP contribution is 2.39. The number of carbonyl (C=O) groups excluding carboxylic acids is 1. The first kappa shape index (κ1) is 15.8. The zero-order valence-electron chi connectivity index (χ0n) is 15.0. The van der Waals surface area contributed by atoms with Gasteiger partial charge in [0.15, 0.2) is 0 Å². The number of piperidine rings is 1. The van der Waals surface area contributed by atoms with Gasteiger partial charge in [0.05, 0.1) is 0 Å². The summed E-state index contributed by atoms with van der Waals surface area (Å²) in [4.78, 5) is 26.2. The van der Waals surface area contributed by atoms with Gasteiger partial charge in [-0.3, -0.25) is 4.79 Å². The first-order chi connectivity index (χ1) is 12.8. The molecular formula is C21H24N4O. The van der Waals surface area contributed by atoms with Crippen molar-refractivity contribution in [1.29, 1.82) is 0 Å². The largest absolute Gasteiger partial charge is 0.356 e. The lowest BCUT2D eigenvalue weighted by molar-refractivity contribution is -0.122. The van der Waals surface area contributed by atoms with Crippen molar-refractivity contribution in [1.82, 2.24) is 9.97 Å². The summed E-state index contributed by atoms with van der Waals surface area (Å²) in [6.07, 6.45) is 6.99. The van der Waals surface area contributed by atoms with E-state index in [1.165, 1.54) is 24.1 Å². The fraction of sp³-hybridized carbons (Fsp3) is 0.476. The lowest BCUT2D eigenvalue weighted by atomic mass is 9.95. The standard InChI is InChI=1S/C21H24N4O/c26-21(25-12-9-16-3-1-2-4-19(16)25)17-7-10-24(11-8-17)20-13-18(15-5-6-15)22-14-23-20/h1-4,13-15,17H,5-12H2. The number of hydrogen-bond acceptors (Lipinski definition) is 4. The predicted octanol–water partition coefficient (Wildman–Crippen LogP) is 3.16. The summed E-state index contributed by atoms with van der Waals surface area (Å²) in [7, 11) is 0. The zero-order chi connectivity index (χ0) is 17.5. The lowest BCUT2D eigenvalue weighted by Gasteiger charge is -2.34. The van der Waals surface area contributed by atoms with Gasteiger partial charge in [0.2, 0.25) is 5.91 Å². The molecule has 1 saturated heterocycles. The molecule has 0 N–H and O–H groups in total. The Kier molecular flexibility index (Phi) is 3.88. The Morgan fingerprint density at radius 2 is 1.81 bits per heavy atom. The number of nitrogens with zero attached hydrogens (tertiary/aromatic N) is 4. The van der Waals surface area contributed by atoms with Crippen molar-refractivity contribution in [2.24, 2.45) is 5.92 Å². The van der Waals surface area contributed by atoms with Crippen LogP contribution in [0.15, 0.2) is 36.7 Å². The van der Waals surface area contributed by atoms with Gasteiger partial charge in [-0.1, -0.05) is 18.2 Å². The van der Waals surface area contributed by atoms with Crippen molar-refractivity contribution in [3.8, 4) is 0 Å². The second-order valence-electron chi connectivity index (χ2n) is 7.71. The maximum Gasteiger partial charge on any atom is 0.230 e. The molecule has 0 atom stereocenters.